The summed E-state index contributed by atoms with van der Waals surface area (Å²) in [5.74, 6) is 0. The zero-order valence-corrected chi connectivity index (χ0v) is 69.9. The van der Waals surface area contributed by atoms with Crippen molar-refractivity contribution < 1.29 is 12.3 Å². The average Bonchev–Trinajstić information content (AvgIpc) is 1.36. The summed E-state index contributed by atoms with van der Waals surface area (Å²) < 4.78 is 88.0. The average molecular weight is 1540 g/mol. The molecule has 2 aromatic heterocycles. The van der Waals surface area contributed by atoms with Gasteiger partial charge in [0.1, 0.15) is 0 Å². The van der Waals surface area contributed by atoms with E-state index in [1.54, 1.807) is 0 Å². The Kier molecular flexibility index (Phi) is 16.7. The van der Waals surface area contributed by atoms with Crippen LogP contribution >= 0.6 is 0 Å². The van der Waals surface area contributed by atoms with Crippen LogP contribution in [0, 0.1) is 0 Å². The van der Waals surface area contributed by atoms with Gasteiger partial charge in [-0.1, -0.05) is 356 Å². The molecule has 0 saturated heterocycles. The Morgan fingerprint density at radius 3 is 1.19 bits per heavy atom. The second-order valence-electron chi connectivity index (χ2n) is 36.9. The molecule has 0 saturated carbocycles. The van der Waals surface area contributed by atoms with Crippen LogP contribution in [-0.4, -0.2) is 15.8 Å². The van der Waals surface area contributed by atoms with Gasteiger partial charge >= 0.3 is 0 Å². The monoisotopic (exact) mass is 1540 g/mol. The maximum absolute atomic E-state index is 10.1. The van der Waals surface area contributed by atoms with E-state index in [-0.39, 0.29) is 88.7 Å². The van der Waals surface area contributed by atoms with Crippen LogP contribution in [0.3, 0.4) is 0 Å². The van der Waals surface area contributed by atoms with Crippen LogP contribution in [0.1, 0.15) is 157 Å². The van der Waals surface area contributed by atoms with E-state index in [0.717, 1.165) is 139 Å². The van der Waals surface area contributed by atoms with Crippen molar-refractivity contribution in [2.24, 2.45) is 0 Å². The molecular formula is C113H105BN4. The molecule has 15 aromatic carbocycles. The first-order chi connectivity index (χ1) is 60.7. The van der Waals surface area contributed by atoms with Gasteiger partial charge in [0.25, 0.3) is 6.71 Å². The first-order valence-corrected chi connectivity index (χ1v) is 42.0. The van der Waals surface area contributed by atoms with Crippen molar-refractivity contribution >= 4 is 89.5 Å². The third-order valence-corrected chi connectivity index (χ3v) is 25.0. The Bertz CT molecular complexity index is 7030. The molecule has 5 heteroatoms. The summed E-state index contributed by atoms with van der Waals surface area (Å²) >= 11 is 0. The molecular weight excluding hydrogens is 1420 g/mol. The molecule has 2 aliphatic rings. The Morgan fingerprint density at radius 1 is 0.297 bits per heavy atom. The molecule has 580 valence electrons. The number of para-hydroxylation sites is 3. The smallest absolute Gasteiger partial charge is 0.252 e. The van der Waals surface area contributed by atoms with Gasteiger partial charge in [0.15, 0.2) is 0 Å². The lowest BCUT2D eigenvalue weighted by molar-refractivity contribution is 0.567. The van der Waals surface area contributed by atoms with E-state index in [0.29, 0.717) is 49.8 Å². The van der Waals surface area contributed by atoms with Crippen LogP contribution in [0.15, 0.2) is 333 Å². The van der Waals surface area contributed by atoms with Crippen LogP contribution < -0.4 is 26.2 Å². The highest BCUT2D eigenvalue weighted by Gasteiger charge is 2.44. The van der Waals surface area contributed by atoms with Crippen molar-refractivity contribution in [2.45, 2.75) is 150 Å². The lowest BCUT2D eigenvalue weighted by Crippen LogP contribution is -2.62. The number of hydrogen-bond donors (Lipinski definition) is 0. The van der Waals surface area contributed by atoms with E-state index >= 15 is 0 Å². The van der Waals surface area contributed by atoms with Crippen LogP contribution in [0.2, 0.25) is 0 Å². The van der Waals surface area contributed by atoms with Crippen molar-refractivity contribution in [3.8, 4) is 50.2 Å². The molecule has 0 atom stereocenters. The number of nitrogens with zero attached hydrogens (tertiary/aromatic N) is 4. The van der Waals surface area contributed by atoms with E-state index in [4.69, 9.17) is 4.11 Å². The largest absolute Gasteiger partial charge is 0.340 e. The Hall–Kier alpha value is -12.4. The van der Waals surface area contributed by atoms with Crippen molar-refractivity contribution in [2.75, 3.05) is 9.80 Å². The molecule has 0 aliphatic carbocycles. The number of fused-ring (bicyclic) bond motifs is 10. The van der Waals surface area contributed by atoms with Gasteiger partial charge in [-0.2, -0.15) is 0 Å². The predicted molar refractivity (Wildman–Crippen MR) is 506 cm³/mol. The molecule has 0 radical (unpaired) electrons. The molecule has 0 unspecified atom stereocenters. The maximum Gasteiger partial charge on any atom is 0.252 e. The highest BCUT2D eigenvalue weighted by Crippen LogP contribution is 2.48. The van der Waals surface area contributed by atoms with Crippen LogP contribution in [0.5, 0.6) is 0 Å². The lowest BCUT2D eigenvalue weighted by atomic mass is 9.33. The van der Waals surface area contributed by atoms with E-state index in [2.05, 4.69) is 381 Å². The number of benzene rings is 15. The molecule has 0 N–H and O–H groups in total. The first kappa shape index (κ1) is 65.7. The maximum atomic E-state index is 10.1. The fraction of sp³-hybridized carbons (Fsp3) is 0.204. The van der Waals surface area contributed by atoms with Gasteiger partial charge < -0.3 is 18.9 Å². The number of hydrogen-bond acceptors (Lipinski definition) is 2. The first-order valence-electron chi connectivity index (χ1n) is 46.5. The summed E-state index contributed by atoms with van der Waals surface area (Å²) in [4.78, 5) is 5.23. The van der Waals surface area contributed by atoms with Crippen molar-refractivity contribution in [1.29, 1.82) is 0 Å². The van der Waals surface area contributed by atoms with Crippen molar-refractivity contribution in [3.05, 3.63) is 395 Å². The van der Waals surface area contributed by atoms with Gasteiger partial charge in [-0.3, -0.25) is 0 Å². The summed E-state index contributed by atoms with van der Waals surface area (Å²) in [5.41, 5.74) is 31.8. The zero-order chi connectivity index (χ0) is 88.8. The van der Waals surface area contributed by atoms with Crippen molar-refractivity contribution in [1.82, 2.24) is 9.13 Å². The number of anilines is 4. The summed E-state index contributed by atoms with van der Waals surface area (Å²) in [7, 11) is 0. The third kappa shape index (κ3) is 14.1. The molecule has 17 aromatic rings. The summed E-state index contributed by atoms with van der Waals surface area (Å²) in [6.07, 6.45) is 1.68. The fourth-order valence-electron chi connectivity index (χ4n) is 18.6. The highest BCUT2D eigenvalue weighted by molar-refractivity contribution is 7.00. The summed E-state index contributed by atoms with van der Waals surface area (Å²) in [6, 6.07) is 101. The SMILES string of the molecule is [2H]c1c([2H])c([2H])c(CCc2ccc3c(c2)N(Cc2c(-c4ccccc4)cc(C(C)(C)C)cc2-c2ccccc2)c2cc(CCn4c5ccc(-n6c7ccccc7c7ccccc76)cc5c5c([2H])c([2H])c([2H])c([2H])c54)cc4c2B3c2ccc(Cc3cc(C(C)(C)C)cc(C(C)(C)C)c3)cc2N4Cc2c(-c3ccccc3)cc(C(C)(C)C)cc2-c2ccccc2)c([2H])c1[2H]. The van der Waals surface area contributed by atoms with E-state index in [9.17, 15) is 8.22 Å². The van der Waals surface area contributed by atoms with Crippen LogP contribution in [0.4, 0.5) is 22.7 Å². The number of rotatable bonds is 17. The van der Waals surface area contributed by atoms with Crippen molar-refractivity contribution in [3.63, 3.8) is 0 Å². The highest BCUT2D eigenvalue weighted by atomic mass is 15.2. The molecule has 0 spiro atoms. The Morgan fingerprint density at radius 2 is 0.712 bits per heavy atom. The standard InChI is InChI=1S/C113H105BN4/c1-110(2,3)84-61-79(62-85(67-84)111(4,5)6)60-77-53-56-100-106(64-77)117(74-98-94(82-40-24-16-25-41-82)70-87(113(10,11)12)71-95(98)83-42-26-17-27-43-83)108-66-78(58-59-115-101-47-31-28-46-91(101)96-72-88(54-57-102(96)115)118-103-48-32-29-44-89(103)90-45-30-33-49-104(90)118)65-107-109(108)114(100)99-55-52-76(51-50-75-34-18-13-19-35-75)63-105(99)116(107)73-97-92(80-36-20-14-21-37-80)68-86(112(7,8)9)69-93(97)81-38-22-15-23-39-81/h13-49,52-57,61-72H,50-51,58-60,73-74H2,1-12H3/i13D,18D,19D,28D,31D,34D,35D,46D,47D. The molecule has 4 nitrogen and oxygen atoms in total. The third-order valence-electron chi connectivity index (χ3n) is 25.0. The minimum atomic E-state index is -0.413. The topological polar surface area (TPSA) is 16.3 Å². The van der Waals surface area contributed by atoms with Crippen LogP contribution in [0.25, 0.3) is 93.8 Å². The van der Waals surface area contributed by atoms with Gasteiger partial charge in [-0.15, -0.1) is 0 Å². The predicted octanol–water partition coefficient (Wildman–Crippen LogP) is 27.2. The number of aryl methyl sites for hydroxylation is 3. The van der Waals surface area contributed by atoms with E-state index < -0.39 is 6.04 Å². The second-order valence-corrected chi connectivity index (χ2v) is 36.9. The fourth-order valence-corrected chi connectivity index (χ4v) is 18.6. The van der Waals surface area contributed by atoms with Gasteiger partial charge in [-0.05, 0) is 230 Å². The van der Waals surface area contributed by atoms with Gasteiger partial charge in [-0.25, -0.2) is 0 Å². The molecule has 4 heterocycles. The number of aromatic nitrogens is 2. The minimum Gasteiger partial charge on any atom is -0.340 e. The van der Waals surface area contributed by atoms with E-state index in [1.807, 2.05) is 0 Å². The zero-order valence-electron chi connectivity index (χ0n) is 78.9. The summed E-state index contributed by atoms with van der Waals surface area (Å²) in [6.45, 7) is 28.5. The Labute approximate surface area is 711 Å². The lowest BCUT2D eigenvalue weighted by Gasteiger charge is -2.45. The minimum absolute atomic E-state index is 0.0869. The molecule has 19 rings (SSSR count). The molecule has 0 fully saturated rings. The molecule has 0 amide bonds. The quantitative estimate of drug-likeness (QED) is 0.0845. The van der Waals surface area contributed by atoms with Gasteiger partial charge in [0.05, 0.1) is 23.4 Å². The second kappa shape index (κ2) is 29.9. The molecule has 2 aliphatic heterocycles. The van der Waals surface area contributed by atoms with Crippen LogP contribution in [-0.2, 0) is 67.0 Å². The van der Waals surface area contributed by atoms with Gasteiger partial charge in [0.2, 0.25) is 0 Å². The molecule has 118 heavy (non-hydrogen) atoms. The normalized spacial score (nSPS) is 14.0. The Balaban J connectivity index is 0.906. The van der Waals surface area contributed by atoms with Gasteiger partial charge in [0, 0.05) is 80.6 Å². The molecule has 0 bridgehead atoms. The van der Waals surface area contributed by atoms with E-state index in [1.165, 1.54) is 38.9 Å². The summed E-state index contributed by atoms with van der Waals surface area (Å²) in [5, 5.41) is 3.43.